The minimum atomic E-state index is -0.181. The highest BCUT2D eigenvalue weighted by atomic mass is 16.5. The van der Waals surface area contributed by atoms with Gasteiger partial charge in [-0.3, -0.25) is 4.79 Å². The van der Waals surface area contributed by atoms with Crippen LogP contribution in [0.2, 0.25) is 0 Å². The summed E-state index contributed by atoms with van der Waals surface area (Å²) in [5, 5.41) is 11.4. The number of benzene rings is 1. The van der Waals surface area contributed by atoms with E-state index in [0.717, 1.165) is 11.1 Å². The Bertz CT molecular complexity index is 486. The predicted molar refractivity (Wildman–Crippen MR) is 74.9 cm³/mol. The van der Waals surface area contributed by atoms with Crippen molar-refractivity contribution in [3.63, 3.8) is 0 Å². The quantitative estimate of drug-likeness (QED) is 0.793. The summed E-state index contributed by atoms with van der Waals surface area (Å²) in [6.07, 6.45) is 0.445. The molecular weight excluding hydrogens is 242 g/mol. The molecule has 1 aromatic carbocycles. The van der Waals surface area contributed by atoms with Crippen molar-refractivity contribution in [1.29, 1.82) is 0 Å². The maximum Gasteiger partial charge on any atom is 0.250 e. The van der Waals surface area contributed by atoms with Crippen molar-refractivity contribution in [2.75, 3.05) is 25.1 Å². The van der Waals surface area contributed by atoms with Gasteiger partial charge in [0.15, 0.2) is 0 Å². The van der Waals surface area contributed by atoms with Crippen LogP contribution < -0.4 is 5.32 Å². The molecule has 2 N–H and O–H groups in total. The molecule has 0 aliphatic rings. The van der Waals surface area contributed by atoms with Crippen molar-refractivity contribution in [2.24, 2.45) is 0 Å². The van der Waals surface area contributed by atoms with Gasteiger partial charge in [-0.05, 0) is 31.5 Å². The number of amides is 1. The minimum absolute atomic E-state index is 0.0515. The molecule has 4 heteroatoms. The van der Waals surface area contributed by atoms with E-state index in [1.54, 1.807) is 0 Å². The summed E-state index contributed by atoms with van der Waals surface area (Å²) in [5.74, 6) is 5.67. The summed E-state index contributed by atoms with van der Waals surface area (Å²) in [6.45, 7) is 4.41. The fourth-order valence-electron chi connectivity index (χ4n) is 1.44. The molecule has 0 saturated carbocycles. The van der Waals surface area contributed by atoms with Gasteiger partial charge in [-0.2, -0.15) is 0 Å². The second-order valence-electron chi connectivity index (χ2n) is 3.99. The lowest BCUT2D eigenvalue weighted by Crippen LogP contribution is -2.18. The first-order valence-corrected chi connectivity index (χ1v) is 6.25. The lowest BCUT2D eigenvalue weighted by Gasteiger charge is -2.07. The van der Waals surface area contributed by atoms with E-state index in [9.17, 15) is 4.79 Å². The fourth-order valence-corrected chi connectivity index (χ4v) is 1.44. The Hall–Kier alpha value is -1.83. The Morgan fingerprint density at radius 1 is 1.47 bits per heavy atom. The SMILES string of the molecule is CCOCC(=O)Nc1ccc(C)c(C#CCCO)c1. The van der Waals surface area contributed by atoms with Gasteiger partial charge in [-0.25, -0.2) is 0 Å². The van der Waals surface area contributed by atoms with Crippen LogP contribution in [0.25, 0.3) is 0 Å². The average molecular weight is 261 g/mol. The lowest BCUT2D eigenvalue weighted by molar-refractivity contribution is -0.120. The smallest absolute Gasteiger partial charge is 0.250 e. The zero-order valence-corrected chi connectivity index (χ0v) is 11.3. The van der Waals surface area contributed by atoms with Crippen LogP contribution in [0.5, 0.6) is 0 Å². The largest absolute Gasteiger partial charge is 0.395 e. The third-order valence-electron chi connectivity index (χ3n) is 2.42. The normalized spacial score (nSPS) is 9.63. The summed E-state index contributed by atoms with van der Waals surface area (Å²) in [4.78, 5) is 11.5. The first-order valence-electron chi connectivity index (χ1n) is 6.25. The maximum absolute atomic E-state index is 11.5. The average Bonchev–Trinajstić information content (AvgIpc) is 2.40. The number of hydrogen-bond donors (Lipinski definition) is 2. The van der Waals surface area contributed by atoms with E-state index in [1.807, 2.05) is 32.0 Å². The van der Waals surface area contributed by atoms with Gasteiger partial charge in [-0.15, -0.1) is 0 Å². The molecule has 0 atom stereocenters. The van der Waals surface area contributed by atoms with Gasteiger partial charge >= 0.3 is 0 Å². The topological polar surface area (TPSA) is 58.6 Å². The van der Waals surface area contributed by atoms with E-state index in [1.165, 1.54) is 0 Å². The molecule has 1 aromatic rings. The van der Waals surface area contributed by atoms with Gasteiger partial charge in [0.05, 0.1) is 6.61 Å². The molecule has 0 aliphatic heterocycles. The van der Waals surface area contributed by atoms with Crippen molar-refractivity contribution < 1.29 is 14.6 Å². The third kappa shape index (κ3) is 5.56. The molecule has 102 valence electrons. The van der Waals surface area contributed by atoms with Crippen molar-refractivity contribution in [3.05, 3.63) is 29.3 Å². The van der Waals surface area contributed by atoms with Gasteiger partial charge in [0.25, 0.3) is 0 Å². The number of ether oxygens (including phenoxy) is 1. The van der Waals surface area contributed by atoms with Crippen LogP contribution in [0.15, 0.2) is 18.2 Å². The van der Waals surface area contributed by atoms with Gasteiger partial charge in [0.1, 0.15) is 6.61 Å². The Morgan fingerprint density at radius 2 is 2.26 bits per heavy atom. The predicted octanol–water partition coefficient (Wildman–Crippen LogP) is 1.70. The molecule has 0 saturated heterocycles. The van der Waals surface area contributed by atoms with Gasteiger partial charge in [0.2, 0.25) is 5.91 Å². The Balaban J connectivity index is 2.73. The second-order valence-corrected chi connectivity index (χ2v) is 3.99. The van der Waals surface area contributed by atoms with Crippen LogP contribution in [-0.4, -0.2) is 30.8 Å². The van der Waals surface area contributed by atoms with Gasteiger partial charge < -0.3 is 15.2 Å². The molecule has 1 rings (SSSR count). The Morgan fingerprint density at radius 3 is 2.95 bits per heavy atom. The molecule has 0 unspecified atom stereocenters. The number of anilines is 1. The van der Waals surface area contributed by atoms with Crippen LogP contribution in [0, 0.1) is 18.8 Å². The van der Waals surface area contributed by atoms with Crippen LogP contribution in [0.3, 0.4) is 0 Å². The van der Waals surface area contributed by atoms with Crippen molar-refractivity contribution in [3.8, 4) is 11.8 Å². The molecule has 0 fully saturated rings. The summed E-state index contributed by atoms with van der Waals surface area (Å²) >= 11 is 0. The minimum Gasteiger partial charge on any atom is -0.395 e. The zero-order valence-electron chi connectivity index (χ0n) is 11.3. The van der Waals surface area contributed by atoms with E-state index >= 15 is 0 Å². The van der Waals surface area contributed by atoms with E-state index in [-0.39, 0.29) is 19.1 Å². The van der Waals surface area contributed by atoms with Crippen LogP contribution >= 0.6 is 0 Å². The number of carbonyl (C=O) groups excluding carboxylic acids is 1. The van der Waals surface area contributed by atoms with Crippen LogP contribution in [-0.2, 0) is 9.53 Å². The molecule has 0 bridgehead atoms. The van der Waals surface area contributed by atoms with Crippen LogP contribution in [0.4, 0.5) is 5.69 Å². The molecule has 0 heterocycles. The van der Waals surface area contributed by atoms with Crippen molar-refractivity contribution in [1.82, 2.24) is 0 Å². The number of nitrogens with one attached hydrogen (secondary N) is 1. The number of hydrogen-bond acceptors (Lipinski definition) is 3. The van der Waals surface area contributed by atoms with Crippen molar-refractivity contribution in [2.45, 2.75) is 20.3 Å². The third-order valence-corrected chi connectivity index (χ3v) is 2.42. The van der Waals surface area contributed by atoms with Crippen molar-refractivity contribution >= 4 is 11.6 Å². The number of rotatable bonds is 5. The zero-order chi connectivity index (χ0) is 14.1. The highest BCUT2D eigenvalue weighted by Gasteiger charge is 2.03. The first-order chi connectivity index (χ1) is 9.17. The summed E-state index contributed by atoms with van der Waals surface area (Å²) in [5.41, 5.74) is 2.58. The molecule has 0 spiro atoms. The Kier molecular flexibility index (Phi) is 6.65. The summed E-state index contributed by atoms with van der Waals surface area (Å²) in [6, 6.07) is 5.55. The van der Waals surface area contributed by atoms with E-state index < -0.39 is 0 Å². The summed E-state index contributed by atoms with van der Waals surface area (Å²) < 4.78 is 5.03. The lowest BCUT2D eigenvalue weighted by atomic mass is 10.1. The standard InChI is InChI=1S/C15H19NO3/c1-3-19-11-15(18)16-14-8-7-12(2)13(10-14)6-4-5-9-17/h7-8,10,17H,3,5,9,11H2,1-2H3,(H,16,18). The Labute approximate surface area is 113 Å². The fraction of sp³-hybridized carbons (Fsp3) is 0.400. The number of carbonyl (C=O) groups is 1. The molecule has 19 heavy (non-hydrogen) atoms. The second kappa shape index (κ2) is 8.30. The maximum atomic E-state index is 11.5. The number of aliphatic hydroxyl groups excluding tert-OH is 1. The van der Waals surface area contributed by atoms with Gasteiger partial charge in [0, 0.05) is 24.3 Å². The van der Waals surface area contributed by atoms with Crippen LogP contribution in [0.1, 0.15) is 24.5 Å². The van der Waals surface area contributed by atoms with E-state index in [4.69, 9.17) is 9.84 Å². The van der Waals surface area contributed by atoms with E-state index in [2.05, 4.69) is 17.2 Å². The number of aliphatic hydroxyl groups is 1. The molecule has 1 amide bonds. The van der Waals surface area contributed by atoms with Gasteiger partial charge in [-0.1, -0.05) is 17.9 Å². The molecule has 0 aromatic heterocycles. The highest BCUT2D eigenvalue weighted by molar-refractivity contribution is 5.91. The number of aryl methyl sites for hydroxylation is 1. The van der Waals surface area contributed by atoms with E-state index in [0.29, 0.717) is 18.7 Å². The monoisotopic (exact) mass is 261 g/mol. The molecule has 0 aliphatic carbocycles. The molecular formula is C15H19NO3. The highest BCUT2D eigenvalue weighted by Crippen LogP contribution is 2.14. The first kappa shape index (κ1) is 15.2. The summed E-state index contributed by atoms with van der Waals surface area (Å²) in [7, 11) is 0. The molecule has 4 nitrogen and oxygen atoms in total. The molecule has 0 radical (unpaired) electrons.